The van der Waals surface area contributed by atoms with E-state index in [1.807, 2.05) is 0 Å². The second-order valence-corrected chi connectivity index (χ2v) is 3.71. The van der Waals surface area contributed by atoms with Crippen LogP contribution in [0.3, 0.4) is 0 Å². The molecule has 1 heterocycles. The molecule has 9 heavy (non-hydrogen) atoms. The van der Waals surface area contributed by atoms with Crippen molar-refractivity contribution < 1.29 is 4.48 Å². The van der Waals surface area contributed by atoms with Crippen LogP contribution in [0.2, 0.25) is 0 Å². The SMILES string of the molecule is C[C@@H]1C=CC[N+](C)(C)C1. The minimum atomic E-state index is 0.772. The molecule has 0 fully saturated rings. The number of likely N-dealkylation sites (N-methyl/N-ethyl adjacent to an activating group) is 1. The first-order chi connectivity index (χ1) is 4.10. The van der Waals surface area contributed by atoms with Crippen LogP contribution in [0.15, 0.2) is 12.2 Å². The topological polar surface area (TPSA) is 0 Å². The van der Waals surface area contributed by atoms with Crippen LogP contribution >= 0.6 is 0 Å². The highest BCUT2D eigenvalue weighted by atomic mass is 15.3. The molecule has 0 aliphatic carbocycles. The highest BCUT2D eigenvalue weighted by molar-refractivity contribution is 4.89. The van der Waals surface area contributed by atoms with E-state index in [0.717, 1.165) is 10.4 Å². The second kappa shape index (κ2) is 2.14. The summed E-state index contributed by atoms with van der Waals surface area (Å²) in [6, 6.07) is 0. The zero-order chi connectivity index (χ0) is 6.91. The van der Waals surface area contributed by atoms with Gasteiger partial charge in [0.15, 0.2) is 0 Å². The molecule has 0 unspecified atom stereocenters. The van der Waals surface area contributed by atoms with Gasteiger partial charge >= 0.3 is 0 Å². The molecule has 1 atom stereocenters. The summed E-state index contributed by atoms with van der Waals surface area (Å²) in [7, 11) is 4.56. The summed E-state index contributed by atoms with van der Waals surface area (Å²) in [5, 5.41) is 0. The number of nitrogens with zero attached hydrogens (tertiary/aromatic N) is 1. The van der Waals surface area contributed by atoms with E-state index in [0.29, 0.717) is 0 Å². The van der Waals surface area contributed by atoms with Gasteiger partial charge in [-0.25, -0.2) is 0 Å². The van der Waals surface area contributed by atoms with Crippen molar-refractivity contribution in [3.63, 3.8) is 0 Å². The van der Waals surface area contributed by atoms with Crippen molar-refractivity contribution >= 4 is 0 Å². The predicted octanol–water partition coefficient (Wildman–Crippen LogP) is 1.27. The lowest BCUT2D eigenvalue weighted by Gasteiger charge is -2.33. The van der Waals surface area contributed by atoms with Crippen LogP contribution in [0.4, 0.5) is 0 Å². The van der Waals surface area contributed by atoms with E-state index in [4.69, 9.17) is 0 Å². The molecule has 52 valence electrons. The van der Waals surface area contributed by atoms with Crippen molar-refractivity contribution in [1.82, 2.24) is 0 Å². The Bertz CT molecular complexity index is 125. The van der Waals surface area contributed by atoms with Crippen LogP contribution < -0.4 is 0 Å². The molecule has 0 aromatic carbocycles. The van der Waals surface area contributed by atoms with Crippen LogP contribution in [-0.2, 0) is 0 Å². The van der Waals surface area contributed by atoms with Gasteiger partial charge in [-0.05, 0) is 6.08 Å². The molecule has 1 rings (SSSR count). The van der Waals surface area contributed by atoms with Gasteiger partial charge in [-0.3, -0.25) is 0 Å². The van der Waals surface area contributed by atoms with E-state index >= 15 is 0 Å². The van der Waals surface area contributed by atoms with Crippen LogP contribution in [0.5, 0.6) is 0 Å². The Balaban J connectivity index is 2.58. The minimum absolute atomic E-state index is 0.772. The monoisotopic (exact) mass is 126 g/mol. The van der Waals surface area contributed by atoms with Crippen molar-refractivity contribution in [2.45, 2.75) is 6.92 Å². The lowest BCUT2D eigenvalue weighted by molar-refractivity contribution is -0.888. The predicted molar refractivity (Wildman–Crippen MR) is 40.1 cm³/mol. The third-order valence-electron chi connectivity index (χ3n) is 1.85. The lowest BCUT2D eigenvalue weighted by Crippen LogP contribution is -2.44. The van der Waals surface area contributed by atoms with Crippen LogP contribution in [0.25, 0.3) is 0 Å². The fourth-order valence-electron chi connectivity index (χ4n) is 1.49. The van der Waals surface area contributed by atoms with Crippen molar-refractivity contribution in [1.29, 1.82) is 0 Å². The van der Waals surface area contributed by atoms with Crippen LogP contribution in [0.1, 0.15) is 6.92 Å². The molecule has 0 aromatic heterocycles. The Morgan fingerprint density at radius 3 is 2.44 bits per heavy atom. The average molecular weight is 126 g/mol. The summed E-state index contributed by atoms with van der Waals surface area (Å²) in [6.07, 6.45) is 4.59. The van der Waals surface area contributed by atoms with Gasteiger partial charge in [0.25, 0.3) is 0 Å². The van der Waals surface area contributed by atoms with Gasteiger partial charge in [-0.2, -0.15) is 0 Å². The van der Waals surface area contributed by atoms with Gasteiger partial charge in [0.05, 0.1) is 27.2 Å². The first-order valence-corrected chi connectivity index (χ1v) is 3.59. The fourth-order valence-corrected chi connectivity index (χ4v) is 1.49. The molecule has 1 heteroatoms. The van der Waals surface area contributed by atoms with Crippen LogP contribution in [0, 0.1) is 5.92 Å². The summed E-state index contributed by atoms with van der Waals surface area (Å²) in [5.74, 6) is 0.772. The first kappa shape index (κ1) is 6.81. The van der Waals surface area contributed by atoms with Gasteiger partial charge in [0.2, 0.25) is 0 Å². The molecule has 0 saturated carbocycles. The van der Waals surface area contributed by atoms with E-state index in [1.54, 1.807) is 0 Å². The number of quaternary nitrogens is 1. The Hall–Kier alpha value is -0.300. The molecule has 0 amide bonds. The molecule has 1 aliphatic heterocycles. The molecule has 0 spiro atoms. The van der Waals surface area contributed by atoms with Gasteiger partial charge < -0.3 is 4.48 Å². The zero-order valence-corrected chi connectivity index (χ0v) is 6.59. The van der Waals surface area contributed by atoms with E-state index in [9.17, 15) is 0 Å². The third kappa shape index (κ3) is 1.83. The molecular weight excluding hydrogens is 110 g/mol. The number of rotatable bonds is 0. The van der Waals surface area contributed by atoms with E-state index in [1.165, 1.54) is 13.1 Å². The molecule has 0 bridgehead atoms. The molecule has 0 radical (unpaired) electrons. The first-order valence-electron chi connectivity index (χ1n) is 3.59. The molecule has 1 nitrogen and oxygen atoms in total. The fraction of sp³-hybridized carbons (Fsp3) is 0.750. The van der Waals surface area contributed by atoms with Crippen molar-refractivity contribution in [3.05, 3.63) is 12.2 Å². The summed E-state index contributed by atoms with van der Waals surface area (Å²) < 4.78 is 1.15. The summed E-state index contributed by atoms with van der Waals surface area (Å²) in [4.78, 5) is 0. The Kier molecular flexibility index (Phi) is 1.62. The smallest absolute Gasteiger partial charge is 0.0969 e. The highest BCUT2D eigenvalue weighted by Gasteiger charge is 2.19. The van der Waals surface area contributed by atoms with Gasteiger partial charge in [0.1, 0.15) is 0 Å². The minimum Gasteiger partial charge on any atom is -0.325 e. The Morgan fingerprint density at radius 2 is 2.11 bits per heavy atom. The summed E-state index contributed by atoms with van der Waals surface area (Å²) in [5.41, 5.74) is 0. The number of hydrogen-bond acceptors (Lipinski definition) is 0. The Morgan fingerprint density at radius 1 is 1.44 bits per heavy atom. The largest absolute Gasteiger partial charge is 0.325 e. The summed E-state index contributed by atoms with van der Waals surface area (Å²) in [6.45, 7) is 4.76. The van der Waals surface area contributed by atoms with Gasteiger partial charge in [-0.15, -0.1) is 0 Å². The molecule has 0 aromatic rings. The Labute approximate surface area is 57.6 Å². The second-order valence-electron chi connectivity index (χ2n) is 3.71. The number of hydrogen-bond donors (Lipinski definition) is 0. The normalized spacial score (nSPS) is 32.6. The van der Waals surface area contributed by atoms with E-state index < -0.39 is 0 Å². The lowest BCUT2D eigenvalue weighted by atomic mass is 10.1. The van der Waals surface area contributed by atoms with Crippen molar-refractivity contribution in [3.8, 4) is 0 Å². The standard InChI is InChI=1S/C8H16N/c1-8-5-4-6-9(2,3)7-8/h4-5,8H,6-7H2,1-3H3/q+1/t8-/m1/s1. The quantitative estimate of drug-likeness (QED) is 0.339. The molecular formula is C8H16N+. The van der Waals surface area contributed by atoms with Crippen molar-refractivity contribution in [2.24, 2.45) is 5.92 Å². The maximum Gasteiger partial charge on any atom is 0.0969 e. The molecule has 0 saturated heterocycles. The van der Waals surface area contributed by atoms with Crippen LogP contribution in [-0.4, -0.2) is 31.7 Å². The van der Waals surface area contributed by atoms with Gasteiger partial charge in [-0.1, -0.05) is 13.0 Å². The highest BCUT2D eigenvalue weighted by Crippen LogP contribution is 2.11. The summed E-state index contributed by atoms with van der Waals surface area (Å²) >= 11 is 0. The van der Waals surface area contributed by atoms with Gasteiger partial charge in [0, 0.05) is 5.92 Å². The van der Waals surface area contributed by atoms with Crippen molar-refractivity contribution in [2.75, 3.05) is 27.2 Å². The molecule has 1 aliphatic rings. The maximum absolute atomic E-state index is 2.31. The van der Waals surface area contributed by atoms with E-state index in [2.05, 4.69) is 33.2 Å². The van der Waals surface area contributed by atoms with E-state index in [-0.39, 0.29) is 0 Å². The molecule has 0 N–H and O–H groups in total. The zero-order valence-electron chi connectivity index (χ0n) is 6.59. The average Bonchev–Trinajstić information content (AvgIpc) is 1.60. The third-order valence-corrected chi connectivity index (χ3v) is 1.85. The maximum atomic E-state index is 2.31.